The molecule has 0 spiro atoms. The van der Waals surface area contributed by atoms with Crippen LogP contribution in [0.2, 0.25) is 0 Å². The van der Waals surface area contributed by atoms with Crippen molar-refractivity contribution in [2.75, 3.05) is 13.1 Å². The summed E-state index contributed by atoms with van der Waals surface area (Å²) in [4.78, 5) is 12.7. The molecule has 4 saturated carbocycles. The maximum Gasteiger partial charge on any atom is 0.223 e. The van der Waals surface area contributed by atoms with Crippen molar-refractivity contribution >= 4 is 5.91 Å². The van der Waals surface area contributed by atoms with Crippen LogP contribution in [0.4, 0.5) is 0 Å². The smallest absolute Gasteiger partial charge is 0.223 e. The van der Waals surface area contributed by atoms with Gasteiger partial charge in [0.15, 0.2) is 0 Å². The van der Waals surface area contributed by atoms with E-state index in [1.54, 1.807) is 0 Å². The highest BCUT2D eigenvalue weighted by Gasteiger charge is 2.50. The highest BCUT2D eigenvalue weighted by Crippen LogP contribution is 2.56. The zero-order chi connectivity index (χ0) is 14.4. The van der Waals surface area contributed by atoms with E-state index in [2.05, 4.69) is 17.6 Å². The van der Waals surface area contributed by atoms with Gasteiger partial charge in [-0.15, -0.1) is 0 Å². The second-order valence-corrected chi connectivity index (χ2v) is 8.38. The maximum absolute atomic E-state index is 12.7. The molecule has 0 aromatic carbocycles. The van der Waals surface area contributed by atoms with Gasteiger partial charge in [-0.05, 0) is 81.1 Å². The summed E-state index contributed by atoms with van der Waals surface area (Å²) in [5.41, 5.74) is 0. The zero-order valence-electron chi connectivity index (χ0n) is 13.3. The highest BCUT2D eigenvalue weighted by molar-refractivity contribution is 5.79. The molecule has 2 atom stereocenters. The molecule has 2 unspecified atom stereocenters. The molecule has 2 N–H and O–H groups in total. The monoisotopic (exact) mass is 290 g/mol. The molecule has 0 aromatic heterocycles. The maximum atomic E-state index is 12.7. The van der Waals surface area contributed by atoms with Crippen LogP contribution in [0.15, 0.2) is 0 Å². The topological polar surface area (TPSA) is 41.1 Å². The number of hydrogen-bond donors (Lipinski definition) is 2. The van der Waals surface area contributed by atoms with Crippen LogP contribution in [0.1, 0.15) is 51.9 Å². The summed E-state index contributed by atoms with van der Waals surface area (Å²) in [5, 5.41) is 6.89. The Balaban J connectivity index is 1.35. The van der Waals surface area contributed by atoms with Crippen LogP contribution in [0, 0.1) is 35.5 Å². The molecule has 3 nitrogen and oxygen atoms in total. The van der Waals surface area contributed by atoms with Gasteiger partial charge in [0, 0.05) is 18.5 Å². The Hall–Kier alpha value is -0.570. The molecule has 1 aliphatic heterocycles. The van der Waals surface area contributed by atoms with Gasteiger partial charge in [0.05, 0.1) is 0 Å². The lowest BCUT2D eigenvalue weighted by Crippen LogP contribution is -2.54. The number of carbonyl (C=O) groups is 1. The Morgan fingerprint density at radius 3 is 2.38 bits per heavy atom. The minimum Gasteiger partial charge on any atom is -0.354 e. The first-order chi connectivity index (χ1) is 10.2. The summed E-state index contributed by atoms with van der Waals surface area (Å²) >= 11 is 0. The molecule has 0 radical (unpaired) electrons. The fourth-order valence-electron chi connectivity index (χ4n) is 6.07. The van der Waals surface area contributed by atoms with E-state index in [1.165, 1.54) is 44.9 Å². The molecule has 1 heterocycles. The molecule has 1 saturated heterocycles. The number of rotatable bonds is 3. The van der Waals surface area contributed by atoms with E-state index in [1.807, 2.05) is 0 Å². The third-order valence-electron chi connectivity index (χ3n) is 6.96. The zero-order valence-corrected chi connectivity index (χ0v) is 13.3. The predicted molar refractivity (Wildman–Crippen MR) is 83.7 cm³/mol. The third kappa shape index (κ3) is 2.62. The minimum absolute atomic E-state index is 0.344. The van der Waals surface area contributed by atoms with Gasteiger partial charge in [-0.1, -0.05) is 6.92 Å². The molecule has 118 valence electrons. The fraction of sp³-hybridized carbons (Fsp3) is 0.944. The summed E-state index contributed by atoms with van der Waals surface area (Å²) < 4.78 is 0. The van der Waals surface area contributed by atoms with Crippen molar-refractivity contribution in [2.45, 2.75) is 57.9 Å². The van der Waals surface area contributed by atoms with Crippen LogP contribution in [0.25, 0.3) is 0 Å². The number of nitrogens with one attached hydrogen (secondary N) is 2. The number of hydrogen-bond acceptors (Lipinski definition) is 2. The first kappa shape index (κ1) is 14.0. The predicted octanol–water partition coefficient (Wildman–Crippen LogP) is 2.56. The van der Waals surface area contributed by atoms with Crippen molar-refractivity contribution in [3.63, 3.8) is 0 Å². The van der Waals surface area contributed by atoms with Crippen LogP contribution in [-0.4, -0.2) is 25.0 Å². The quantitative estimate of drug-likeness (QED) is 0.839. The summed E-state index contributed by atoms with van der Waals surface area (Å²) in [6.07, 6.45) is 9.39. The van der Waals surface area contributed by atoms with Crippen molar-refractivity contribution in [3.8, 4) is 0 Å². The summed E-state index contributed by atoms with van der Waals surface area (Å²) in [5.74, 6) is 4.74. The van der Waals surface area contributed by atoms with Crippen molar-refractivity contribution in [1.82, 2.24) is 10.6 Å². The largest absolute Gasteiger partial charge is 0.354 e. The highest BCUT2D eigenvalue weighted by atomic mass is 16.1. The van der Waals surface area contributed by atoms with Crippen LogP contribution >= 0.6 is 0 Å². The third-order valence-corrected chi connectivity index (χ3v) is 6.96. The second kappa shape index (κ2) is 5.57. The minimum atomic E-state index is 0.344. The van der Waals surface area contributed by atoms with Crippen molar-refractivity contribution in [2.24, 2.45) is 35.5 Å². The number of carbonyl (C=O) groups excluding carboxylic acids is 1. The molecule has 3 heteroatoms. The van der Waals surface area contributed by atoms with Crippen molar-refractivity contribution in [3.05, 3.63) is 0 Å². The number of piperidine rings is 1. The fourth-order valence-corrected chi connectivity index (χ4v) is 6.07. The van der Waals surface area contributed by atoms with Gasteiger partial charge in [-0.3, -0.25) is 4.79 Å². The summed E-state index contributed by atoms with van der Waals surface area (Å²) in [6.45, 7) is 4.26. The lowest BCUT2D eigenvalue weighted by Gasteiger charge is -2.53. The molecule has 0 aromatic rings. The van der Waals surface area contributed by atoms with E-state index in [-0.39, 0.29) is 0 Å². The van der Waals surface area contributed by atoms with Gasteiger partial charge < -0.3 is 10.6 Å². The van der Waals surface area contributed by atoms with Crippen LogP contribution in [0.5, 0.6) is 0 Å². The second-order valence-electron chi connectivity index (χ2n) is 8.38. The lowest BCUT2D eigenvalue weighted by molar-refractivity contribution is -0.138. The van der Waals surface area contributed by atoms with E-state index in [0.29, 0.717) is 35.6 Å². The normalized spacial score (nSPS) is 48.3. The molecular formula is C18H30N2O. The van der Waals surface area contributed by atoms with Gasteiger partial charge in [0.1, 0.15) is 0 Å². The van der Waals surface area contributed by atoms with Gasteiger partial charge >= 0.3 is 0 Å². The first-order valence-corrected chi connectivity index (χ1v) is 9.21. The van der Waals surface area contributed by atoms with Crippen molar-refractivity contribution in [1.29, 1.82) is 0 Å². The number of amides is 1. The molecule has 1 amide bonds. The molecular weight excluding hydrogens is 260 g/mol. The van der Waals surface area contributed by atoms with Crippen molar-refractivity contribution < 1.29 is 4.79 Å². The summed E-state index contributed by atoms with van der Waals surface area (Å²) in [7, 11) is 0. The van der Waals surface area contributed by atoms with Crippen LogP contribution in [-0.2, 0) is 4.79 Å². The molecule has 5 aliphatic rings. The Morgan fingerprint density at radius 1 is 1.10 bits per heavy atom. The van der Waals surface area contributed by atoms with Gasteiger partial charge in [-0.2, -0.15) is 0 Å². The SMILES string of the molecule is CC1CCCNC1CNC(=O)C1C2CC3CC(C2)CC1C3. The summed E-state index contributed by atoms with van der Waals surface area (Å²) in [6, 6.07) is 0.486. The van der Waals surface area contributed by atoms with Gasteiger partial charge in [0.25, 0.3) is 0 Å². The van der Waals surface area contributed by atoms with E-state index < -0.39 is 0 Å². The molecule has 4 aliphatic carbocycles. The average molecular weight is 290 g/mol. The van der Waals surface area contributed by atoms with Crippen LogP contribution in [0.3, 0.4) is 0 Å². The van der Waals surface area contributed by atoms with E-state index in [9.17, 15) is 4.79 Å². The molecule has 4 bridgehead atoms. The van der Waals surface area contributed by atoms with E-state index >= 15 is 0 Å². The average Bonchev–Trinajstić information content (AvgIpc) is 2.45. The van der Waals surface area contributed by atoms with Gasteiger partial charge in [0.2, 0.25) is 5.91 Å². The van der Waals surface area contributed by atoms with Crippen LogP contribution < -0.4 is 10.6 Å². The molecule has 5 rings (SSSR count). The van der Waals surface area contributed by atoms with Gasteiger partial charge in [-0.25, -0.2) is 0 Å². The lowest BCUT2D eigenvalue weighted by atomic mass is 9.51. The Bertz CT molecular complexity index is 380. The van der Waals surface area contributed by atoms with E-state index in [0.717, 1.165) is 24.9 Å². The molecule has 21 heavy (non-hydrogen) atoms. The Morgan fingerprint density at radius 2 is 1.76 bits per heavy atom. The standard InChI is InChI=1S/C18H30N2O/c1-11-3-2-4-19-16(11)10-20-18(21)17-14-6-12-5-13(8-14)9-15(17)7-12/h11-17,19H,2-10H2,1H3,(H,20,21). The van der Waals surface area contributed by atoms with E-state index in [4.69, 9.17) is 0 Å². The Kier molecular flexibility index (Phi) is 3.72. The first-order valence-electron chi connectivity index (χ1n) is 9.21. The Labute approximate surface area is 128 Å². The molecule has 5 fully saturated rings.